The first kappa shape index (κ1) is 18.8. The molecule has 0 aliphatic rings. The van der Waals surface area contributed by atoms with Crippen LogP contribution in [-0.2, 0) is 4.79 Å². The number of benzene rings is 2. The molecule has 1 heterocycles. The van der Waals surface area contributed by atoms with Gasteiger partial charge in [-0.2, -0.15) is 0 Å². The monoisotopic (exact) mass is 451 g/mol. The summed E-state index contributed by atoms with van der Waals surface area (Å²) in [6.45, 7) is 0.281. The summed E-state index contributed by atoms with van der Waals surface area (Å²) >= 11 is 10.6. The molecule has 1 amide bonds. The van der Waals surface area contributed by atoms with Crippen molar-refractivity contribution in [1.82, 2.24) is 10.2 Å². The highest BCUT2D eigenvalue weighted by Gasteiger charge is 2.16. The SMILES string of the molecule is CN(C(=O)CCOc1ccc(Cl)cc1)c1nnc(-c2ccc(Br)cc2)s1. The van der Waals surface area contributed by atoms with E-state index in [0.29, 0.717) is 15.9 Å². The number of aromatic nitrogens is 2. The van der Waals surface area contributed by atoms with Gasteiger partial charge >= 0.3 is 0 Å². The minimum Gasteiger partial charge on any atom is -0.493 e. The summed E-state index contributed by atoms with van der Waals surface area (Å²) in [5.74, 6) is 0.593. The predicted octanol–water partition coefficient (Wildman–Crippen LogP) is 5.05. The molecule has 0 atom stereocenters. The van der Waals surface area contributed by atoms with E-state index in [1.54, 1.807) is 31.3 Å². The first-order valence-corrected chi connectivity index (χ1v) is 9.76. The van der Waals surface area contributed by atoms with Crippen molar-refractivity contribution < 1.29 is 9.53 Å². The summed E-state index contributed by atoms with van der Waals surface area (Å²) in [6.07, 6.45) is 0.242. The maximum absolute atomic E-state index is 12.3. The van der Waals surface area contributed by atoms with Crippen LogP contribution in [0.2, 0.25) is 5.02 Å². The first-order chi connectivity index (χ1) is 12.5. The molecule has 2 aromatic carbocycles. The van der Waals surface area contributed by atoms with Crippen LogP contribution in [-0.4, -0.2) is 29.8 Å². The van der Waals surface area contributed by atoms with Gasteiger partial charge in [-0.15, -0.1) is 10.2 Å². The zero-order valence-corrected chi connectivity index (χ0v) is 17.0. The van der Waals surface area contributed by atoms with Gasteiger partial charge in [0.15, 0.2) is 0 Å². The fourth-order valence-electron chi connectivity index (χ4n) is 2.12. The molecule has 26 heavy (non-hydrogen) atoms. The minimum absolute atomic E-state index is 0.0857. The number of ether oxygens (including phenoxy) is 1. The quantitative estimate of drug-likeness (QED) is 0.525. The zero-order chi connectivity index (χ0) is 18.5. The van der Waals surface area contributed by atoms with Crippen LogP contribution in [0.15, 0.2) is 53.0 Å². The smallest absolute Gasteiger partial charge is 0.231 e. The third-order valence-corrected chi connectivity index (χ3v) is 5.39. The molecule has 0 fully saturated rings. The fraction of sp³-hybridized carbons (Fsp3) is 0.167. The molecule has 5 nitrogen and oxygen atoms in total. The van der Waals surface area contributed by atoms with Crippen molar-refractivity contribution in [3.05, 3.63) is 58.0 Å². The molecule has 0 saturated carbocycles. The summed E-state index contributed by atoms with van der Waals surface area (Å²) in [4.78, 5) is 13.8. The summed E-state index contributed by atoms with van der Waals surface area (Å²) in [5, 5.41) is 10.3. The van der Waals surface area contributed by atoms with E-state index < -0.39 is 0 Å². The fourth-order valence-corrected chi connectivity index (χ4v) is 3.34. The van der Waals surface area contributed by atoms with E-state index in [0.717, 1.165) is 15.0 Å². The van der Waals surface area contributed by atoms with Gasteiger partial charge in [0.2, 0.25) is 11.0 Å². The van der Waals surface area contributed by atoms with E-state index in [-0.39, 0.29) is 18.9 Å². The Hall–Kier alpha value is -1.96. The Morgan fingerprint density at radius 1 is 1.15 bits per heavy atom. The summed E-state index contributed by atoms with van der Waals surface area (Å²) in [7, 11) is 1.69. The number of anilines is 1. The lowest BCUT2D eigenvalue weighted by atomic mass is 10.2. The zero-order valence-electron chi connectivity index (χ0n) is 13.9. The van der Waals surface area contributed by atoms with Crippen molar-refractivity contribution in [2.75, 3.05) is 18.6 Å². The Balaban J connectivity index is 1.56. The van der Waals surface area contributed by atoms with Gasteiger partial charge in [0.1, 0.15) is 10.8 Å². The van der Waals surface area contributed by atoms with Crippen LogP contribution in [0.5, 0.6) is 5.75 Å². The Kier molecular flexibility index (Phi) is 6.24. The van der Waals surface area contributed by atoms with E-state index in [1.807, 2.05) is 24.3 Å². The molecule has 3 rings (SSSR count). The molecule has 0 saturated heterocycles. The highest BCUT2D eigenvalue weighted by Crippen LogP contribution is 2.29. The number of rotatable bonds is 6. The molecule has 134 valence electrons. The average Bonchev–Trinajstić information content (AvgIpc) is 3.13. The van der Waals surface area contributed by atoms with E-state index >= 15 is 0 Å². The van der Waals surface area contributed by atoms with Crippen molar-refractivity contribution in [3.63, 3.8) is 0 Å². The lowest BCUT2D eigenvalue weighted by Gasteiger charge is -2.13. The van der Waals surface area contributed by atoms with Gasteiger partial charge in [-0.3, -0.25) is 9.69 Å². The highest BCUT2D eigenvalue weighted by molar-refractivity contribution is 9.10. The molecule has 1 aromatic heterocycles. The van der Waals surface area contributed by atoms with Crippen LogP contribution < -0.4 is 9.64 Å². The topological polar surface area (TPSA) is 55.3 Å². The van der Waals surface area contributed by atoms with Crippen LogP contribution in [0.3, 0.4) is 0 Å². The molecule has 0 spiro atoms. The number of hydrogen-bond acceptors (Lipinski definition) is 5. The third kappa shape index (κ3) is 4.81. The van der Waals surface area contributed by atoms with Crippen LogP contribution in [0.4, 0.5) is 5.13 Å². The van der Waals surface area contributed by atoms with Gasteiger partial charge in [-0.25, -0.2) is 0 Å². The van der Waals surface area contributed by atoms with E-state index in [9.17, 15) is 4.79 Å². The number of carbonyl (C=O) groups is 1. The largest absolute Gasteiger partial charge is 0.493 e. The van der Waals surface area contributed by atoms with Crippen LogP contribution in [0.25, 0.3) is 10.6 Å². The second-order valence-corrected chi connectivity index (χ2v) is 7.71. The van der Waals surface area contributed by atoms with Gasteiger partial charge in [0.05, 0.1) is 13.0 Å². The molecule has 0 bridgehead atoms. The van der Waals surface area contributed by atoms with E-state index in [4.69, 9.17) is 16.3 Å². The molecular weight excluding hydrogens is 438 g/mol. The van der Waals surface area contributed by atoms with E-state index in [2.05, 4.69) is 26.1 Å². The second kappa shape index (κ2) is 8.62. The number of hydrogen-bond donors (Lipinski definition) is 0. The molecule has 3 aromatic rings. The molecular formula is C18H15BrClN3O2S. The van der Waals surface area contributed by atoms with Crippen molar-refractivity contribution in [2.24, 2.45) is 0 Å². The summed E-state index contributed by atoms with van der Waals surface area (Å²) in [6, 6.07) is 14.8. The van der Waals surface area contributed by atoms with Crippen molar-refractivity contribution >= 4 is 49.9 Å². The standard InChI is InChI=1S/C18H15BrClN3O2S/c1-23(16(24)10-11-25-15-8-6-14(20)7-9-15)18-22-21-17(26-18)12-2-4-13(19)5-3-12/h2-9H,10-11H2,1H3. The number of nitrogens with zero attached hydrogens (tertiary/aromatic N) is 3. The number of carbonyl (C=O) groups excluding carboxylic acids is 1. The van der Waals surface area contributed by atoms with Gasteiger partial charge in [-0.05, 0) is 36.4 Å². The summed E-state index contributed by atoms with van der Waals surface area (Å²) < 4.78 is 6.56. The lowest BCUT2D eigenvalue weighted by Crippen LogP contribution is -2.27. The first-order valence-electron chi connectivity index (χ1n) is 7.77. The van der Waals surface area contributed by atoms with Crippen molar-refractivity contribution in [3.8, 4) is 16.3 Å². The molecule has 0 aliphatic carbocycles. The minimum atomic E-state index is -0.0857. The maximum atomic E-state index is 12.3. The van der Waals surface area contributed by atoms with Crippen molar-refractivity contribution in [1.29, 1.82) is 0 Å². The van der Waals surface area contributed by atoms with E-state index in [1.165, 1.54) is 16.2 Å². The Morgan fingerprint density at radius 3 is 2.54 bits per heavy atom. The molecule has 0 N–H and O–H groups in total. The van der Waals surface area contributed by atoms with Crippen LogP contribution in [0, 0.1) is 0 Å². The normalized spacial score (nSPS) is 10.6. The summed E-state index contributed by atoms with van der Waals surface area (Å²) in [5.41, 5.74) is 0.962. The number of amides is 1. The van der Waals surface area contributed by atoms with Crippen LogP contribution >= 0.6 is 38.9 Å². The Labute approximate surface area is 168 Å². The molecule has 8 heteroatoms. The molecule has 0 unspecified atom stereocenters. The molecule has 0 radical (unpaired) electrons. The van der Waals surface area contributed by atoms with Gasteiger partial charge < -0.3 is 4.74 Å². The predicted molar refractivity (Wildman–Crippen MR) is 108 cm³/mol. The Morgan fingerprint density at radius 2 is 1.85 bits per heavy atom. The average molecular weight is 453 g/mol. The van der Waals surface area contributed by atoms with Gasteiger partial charge in [0, 0.05) is 22.1 Å². The highest BCUT2D eigenvalue weighted by atomic mass is 79.9. The lowest BCUT2D eigenvalue weighted by molar-refractivity contribution is -0.118. The van der Waals surface area contributed by atoms with Crippen molar-refractivity contribution in [2.45, 2.75) is 6.42 Å². The third-order valence-electron chi connectivity index (χ3n) is 3.56. The van der Waals surface area contributed by atoms with Crippen LogP contribution in [0.1, 0.15) is 6.42 Å². The maximum Gasteiger partial charge on any atom is 0.231 e. The van der Waals surface area contributed by atoms with Gasteiger partial charge in [-0.1, -0.05) is 51.0 Å². The van der Waals surface area contributed by atoms with Gasteiger partial charge in [0.25, 0.3) is 0 Å². The number of halogens is 2. The molecule has 0 aliphatic heterocycles. The second-order valence-electron chi connectivity index (χ2n) is 5.40. The Bertz CT molecular complexity index is 884.